The van der Waals surface area contributed by atoms with Crippen LogP contribution in [0.3, 0.4) is 0 Å². The number of rotatable bonds is 33. The van der Waals surface area contributed by atoms with E-state index in [1.807, 2.05) is 6.08 Å². The molecule has 0 aromatic rings. The molecule has 0 aromatic carbocycles. The monoisotopic (exact) mass is 658 g/mol. The second kappa shape index (κ2) is 31.4. The standard InChI is InChI=1S/C37H71NO6S/c1-4-6-8-10-12-14-16-18-19-21-23-25-27-29-31-33-37(40)38(3)35(34-44-45(41,42)43)36(39)32-30-28-26-24-22-20-17-15-13-11-9-7-5-2/h22,24,30,32,35-36,39H,4-21,23,25-29,31,33-34H2,1-3H3,(H,41,42,43). The highest BCUT2D eigenvalue weighted by Crippen LogP contribution is 2.16. The van der Waals surface area contributed by atoms with Crippen molar-refractivity contribution < 1.29 is 27.1 Å². The Morgan fingerprint density at radius 3 is 1.51 bits per heavy atom. The summed E-state index contributed by atoms with van der Waals surface area (Å²) in [6, 6.07) is -0.917. The normalized spacial score (nSPS) is 13.6. The van der Waals surface area contributed by atoms with Crippen LogP contribution >= 0.6 is 0 Å². The van der Waals surface area contributed by atoms with E-state index in [4.69, 9.17) is 4.55 Å². The summed E-state index contributed by atoms with van der Waals surface area (Å²) in [7, 11) is -3.14. The predicted molar refractivity (Wildman–Crippen MR) is 190 cm³/mol. The Kier molecular flexibility index (Phi) is 30.5. The van der Waals surface area contributed by atoms with Crippen molar-refractivity contribution in [2.45, 2.75) is 193 Å². The van der Waals surface area contributed by atoms with Gasteiger partial charge in [-0.2, -0.15) is 8.42 Å². The molecule has 266 valence electrons. The van der Waals surface area contributed by atoms with E-state index in [0.717, 1.165) is 38.5 Å². The first-order valence-electron chi connectivity index (χ1n) is 18.6. The summed E-state index contributed by atoms with van der Waals surface area (Å²) < 4.78 is 36.0. The number of carbonyl (C=O) groups excluding carboxylic acids is 1. The van der Waals surface area contributed by atoms with Crippen LogP contribution in [0.15, 0.2) is 24.3 Å². The van der Waals surface area contributed by atoms with Gasteiger partial charge in [-0.05, 0) is 32.1 Å². The van der Waals surface area contributed by atoms with Gasteiger partial charge in [0.05, 0.1) is 18.8 Å². The molecular weight excluding hydrogens is 586 g/mol. The summed E-state index contributed by atoms with van der Waals surface area (Å²) >= 11 is 0. The van der Waals surface area contributed by atoms with E-state index in [1.54, 1.807) is 13.1 Å². The molecule has 0 fully saturated rings. The average Bonchev–Trinajstić information content (AvgIpc) is 3.00. The van der Waals surface area contributed by atoms with Gasteiger partial charge in [0.15, 0.2) is 0 Å². The van der Waals surface area contributed by atoms with Crippen molar-refractivity contribution in [3.8, 4) is 0 Å². The van der Waals surface area contributed by atoms with Gasteiger partial charge >= 0.3 is 10.4 Å². The highest BCUT2D eigenvalue weighted by atomic mass is 32.3. The van der Waals surface area contributed by atoms with Crippen LogP contribution in [0, 0.1) is 0 Å². The molecule has 0 spiro atoms. The second-order valence-corrected chi connectivity index (χ2v) is 14.0. The van der Waals surface area contributed by atoms with Crippen molar-refractivity contribution >= 4 is 16.3 Å². The molecule has 0 heterocycles. The van der Waals surface area contributed by atoms with E-state index in [1.165, 1.54) is 127 Å². The van der Waals surface area contributed by atoms with Crippen molar-refractivity contribution in [1.29, 1.82) is 0 Å². The fraction of sp³-hybridized carbons (Fsp3) is 0.865. The Morgan fingerprint density at radius 2 is 1.04 bits per heavy atom. The van der Waals surface area contributed by atoms with Crippen molar-refractivity contribution in [1.82, 2.24) is 4.90 Å². The van der Waals surface area contributed by atoms with Gasteiger partial charge in [0.2, 0.25) is 5.91 Å². The molecule has 0 aromatic heterocycles. The zero-order chi connectivity index (χ0) is 33.4. The predicted octanol–water partition coefficient (Wildman–Crippen LogP) is 10.3. The molecular formula is C37H71NO6S. The lowest BCUT2D eigenvalue weighted by molar-refractivity contribution is -0.134. The van der Waals surface area contributed by atoms with Crippen LogP contribution in [0.5, 0.6) is 0 Å². The molecule has 8 heteroatoms. The number of amides is 1. The third kappa shape index (κ3) is 29.9. The molecule has 0 aliphatic rings. The smallest absolute Gasteiger partial charge is 0.387 e. The van der Waals surface area contributed by atoms with Gasteiger partial charge in [-0.15, -0.1) is 0 Å². The Balaban J connectivity index is 4.24. The summed E-state index contributed by atoms with van der Waals surface area (Å²) in [5.41, 5.74) is 0. The minimum Gasteiger partial charge on any atom is -0.387 e. The first kappa shape index (κ1) is 43.8. The number of aliphatic hydroxyl groups is 1. The van der Waals surface area contributed by atoms with Gasteiger partial charge in [-0.25, -0.2) is 4.18 Å². The molecule has 1 amide bonds. The maximum absolute atomic E-state index is 12.9. The summed E-state index contributed by atoms with van der Waals surface area (Å²) in [5.74, 6) is -0.172. The van der Waals surface area contributed by atoms with Crippen LogP contribution in [0.2, 0.25) is 0 Å². The highest BCUT2D eigenvalue weighted by Gasteiger charge is 2.27. The number of nitrogens with zero attached hydrogens (tertiary/aromatic N) is 1. The third-order valence-corrected chi connectivity index (χ3v) is 9.08. The molecule has 0 saturated heterocycles. The largest absolute Gasteiger partial charge is 0.397 e. The van der Waals surface area contributed by atoms with Crippen LogP contribution in [0.1, 0.15) is 181 Å². The molecule has 45 heavy (non-hydrogen) atoms. The van der Waals surface area contributed by atoms with Crippen molar-refractivity contribution in [2.24, 2.45) is 0 Å². The van der Waals surface area contributed by atoms with E-state index < -0.39 is 29.2 Å². The lowest BCUT2D eigenvalue weighted by atomic mass is 10.0. The highest BCUT2D eigenvalue weighted by molar-refractivity contribution is 7.80. The van der Waals surface area contributed by atoms with Crippen LogP contribution < -0.4 is 0 Å². The topological polar surface area (TPSA) is 104 Å². The van der Waals surface area contributed by atoms with E-state index in [2.05, 4.69) is 30.2 Å². The molecule has 7 nitrogen and oxygen atoms in total. The molecule has 0 rings (SSSR count). The third-order valence-electron chi connectivity index (χ3n) is 8.64. The summed E-state index contributed by atoms with van der Waals surface area (Å²) in [4.78, 5) is 14.2. The van der Waals surface area contributed by atoms with Crippen LogP contribution in [-0.2, 0) is 19.4 Å². The number of carbonyl (C=O) groups is 1. The number of aliphatic hydroxyl groups excluding tert-OH is 1. The number of hydrogen-bond donors (Lipinski definition) is 2. The Bertz CT molecular complexity index is 829. The fourth-order valence-electron chi connectivity index (χ4n) is 5.62. The minimum absolute atomic E-state index is 0.172. The Morgan fingerprint density at radius 1 is 0.644 bits per heavy atom. The maximum Gasteiger partial charge on any atom is 0.397 e. The summed E-state index contributed by atoms with van der Waals surface area (Å²) in [6.07, 6.45) is 37.5. The van der Waals surface area contributed by atoms with Gasteiger partial charge in [0.25, 0.3) is 0 Å². The molecule has 0 saturated carbocycles. The molecule has 2 N–H and O–H groups in total. The number of unbranched alkanes of at least 4 members (excludes halogenated alkanes) is 22. The molecule has 0 bridgehead atoms. The average molecular weight is 658 g/mol. The molecule has 0 radical (unpaired) electrons. The van der Waals surface area contributed by atoms with Gasteiger partial charge in [0.1, 0.15) is 0 Å². The summed E-state index contributed by atoms with van der Waals surface area (Å²) in [6.45, 7) is 3.98. The van der Waals surface area contributed by atoms with Gasteiger partial charge in [-0.3, -0.25) is 9.35 Å². The second-order valence-electron chi connectivity index (χ2n) is 12.9. The quantitative estimate of drug-likeness (QED) is 0.0413. The Hall–Kier alpha value is -1.22. The van der Waals surface area contributed by atoms with E-state index in [9.17, 15) is 18.3 Å². The van der Waals surface area contributed by atoms with E-state index in [-0.39, 0.29) is 5.91 Å². The van der Waals surface area contributed by atoms with Crippen LogP contribution in [-0.4, -0.2) is 54.7 Å². The lowest BCUT2D eigenvalue weighted by Crippen LogP contribution is -2.47. The van der Waals surface area contributed by atoms with Crippen molar-refractivity contribution in [3.05, 3.63) is 24.3 Å². The van der Waals surface area contributed by atoms with E-state index >= 15 is 0 Å². The lowest BCUT2D eigenvalue weighted by Gasteiger charge is -2.30. The number of likely N-dealkylation sites (N-methyl/N-ethyl adjacent to an activating group) is 1. The molecule has 2 unspecified atom stereocenters. The van der Waals surface area contributed by atoms with Crippen molar-refractivity contribution in [2.75, 3.05) is 13.7 Å². The molecule has 0 aliphatic carbocycles. The van der Waals surface area contributed by atoms with Crippen molar-refractivity contribution in [3.63, 3.8) is 0 Å². The van der Waals surface area contributed by atoms with Gasteiger partial charge < -0.3 is 10.0 Å². The van der Waals surface area contributed by atoms with Crippen LogP contribution in [0.4, 0.5) is 0 Å². The van der Waals surface area contributed by atoms with Gasteiger partial charge in [0, 0.05) is 13.5 Å². The fourth-order valence-corrected chi connectivity index (χ4v) is 5.93. The maximum atomic E-state index is 12.9. The van der Waals surface area contributed by atoms with E-state index in [0.29, 0.717) is 6.42 Å². The zero-order valence-electron chi connectivity index (χ0n) is 29.4. The zero-order valence-corrected chi connectivity index (χ0v) is 30.3. The number of hydrogen-bond acceptors (Lipinski definition) is 5. The first-order chi connectivity index (χ1) is 21.7. The summed E-state index contributed by atoms with van der Waals surface area (Å²) in [5, 5.41) is 10.8. The van der Waals surface area contributed by atoms with Gasteiger partial charge in [-0.1, -0.05) is 167 Å². The molecule has 2 atom stereocenters. The SMILES string of the molecule is CCCCCCCCCC=CCCC=CC(O)C(COS(=O)(=O)O)N(C)C(=O)CCCCCCCCCCCCCCCCC. The van der Waals surface area contributed by atoms with Crippen LogP contribution in [0.25, 0.3) is 0 Å². The number of allylic oxidation sites excluding steroid dienone is 3. The minimum atomic E-state index is -4.69. The Labute approximate surface area is 278 Å². The molecule has 0 aliphatic heterocycles. The first-order valence-corrected chi connectivity index (χ1v) is 20.0.